The van der Waals surface area contributed by atoms with E-state index in [9.17, 15) is 9.18 Å². The summed E-state index contributed by atoms with van der Waals surface area (Å²) in [5, 5.41) is 0. The van der Waals surface area contributed by atoms with Crippen LogP contribution in [0.3, 0.4) is 0 Å². The van der Waals surface area contributed by atoms with Crippen LogP contribution in [-0.4, -0.2) is 10.8 Å². The zero-order chi connectivity index (χ0) is 12.3. The number of hydrogen-bond acceptors (Lipinski definition) is 2. The van der Waals surface area contributed by atoms with E-state index in [0.717, 1.165) is 18.2 Å². The summed E-state index contributed by atoms with van der Waals surface area (Å²) in [4.78, 5) is 15.8. The number of halogens is 1. The van der Waals surface area contributed by atoms with Gasteiger partial charge in [-0.05, 0) is 18.1 Å². The second kappa shape index (κ2) is 4.87. The van der Waals surface area contributed by atoms with Crippen molar-refractivity contribution in [2.75, 3.05) is 0 Å². The first-order chi connectivity index (χ1) is 8.24. The molecular formula is C14H12FNO. The minimum atomic E-state index is -0.580. The first-order valence-corrected chi connectivity index (χ1v) is 5.46. The van der Waals surface area contributed by atoms with E-state index < -0.39 is 5.82 Å². The molecule has 0 amide bonds. The van der Waals surface area contributed by atoms with Crippen molar-refractivity contribution >= 4 is 5.78 Å². The third-order valence-corrected chi connectivity index (χ3v) is 2.66. The molecule has 0 saturated carbocycles. The predicted octanol–water partition coefficient (Wildman–Crippen LogP) is 3.01. The van der Waals surface area contributed by atoms with Gasteiger partial charge in [0.2, 0.25) is 0 Å². The van der Waals surface area contributed by atoms with E-state index in [2.05, 4.69) is 4.98 Å². The standard InChI is InChI=1S/C14H12FNO/c1-2-10-5-3-4-6-11(10)14(17)12-7-8-16-9-13(12)15/h3-9H,2H2,1H3. The molecule has 0 bridgehead atoms. The van der Waals surface area contributed by atoms with E-state index in [1.807, 2.05) is 19.1 Å². The van der Waals surface area contributed by atoms with Gasteiger partial charge in [0.25, 0.3) is 0 Å². The van der Waals surface area contributed by atoms with Crippen LogP contribution < -0.4 is 0 Å². The molecule has 0 radical (unpaired) electrons. The van der Waals surface area contributed by atoms with Crippen LogP contribution in [0.25, 0.3) is 0 Å². The Morgan fingerprint density at radius 1 is 1.24 bits per heavy atom. The van der Waals surface area contributed by atoms with E-state index in [0.29, 0.717) is 5.56 Å². The maximum atomic E-state index is 13.5. The van der Waals surface area contributed by atoms with Crippen molar-refractivity contribution in [2.45, 2.75) is 13.3 Å². The van der Waals surface area contributed by atoms with Gasteiger partial charge in [-0.1, -0.05) is 31.2 Å². The molecule has 2 rings (SSSR count). The van der Waals surface area contributed by atoms with Crippen molar-refractivity contribution in [3.8, 4) is 0 Å². The fourth-order valence-corrected chi connectivity index (χ4v) is 1.75. The van der Waals surface area contributed by atoms with Crippen LogP contribution in [0, 0.1) is 5.82 Å². The Hall–Kier alpha value is -2.03. The molecule has 0 N–H and O–H groups in total. The van der Waals surface area contributed by atoms with Gasteiger partial charge >= 0.3 is 0 Å². The number of ketones is 1. The molecule has 0 aliphatic heterocycles. The van der Waals surface area contributed by atoms with Gasteiger partial charge in [0.15, 0.2) is 11.6 Å². The molecule has 1 heterocycles. The van der Waals surface area contributed by atoms with E-state index in [1.54, 1.807) is 12.1 Å². The molecule has 0 fully saturated rings. The second-order valence-electron chi connectivity index (χ2n) is 3.70. The molecule has 86 valence electrons. The number of carbonyl (C=O) groups is 1. The Morgan fingerprint density at radius 2 is 2.00 bits per heavy atom. The summed E-state index contributed by atoms with van der Waals surface area (Å²) in [5.74, 6) is -0.870. The normalized spacial score (nSPS) is 10.2. The fraction of sp³-hybridized carbons (Fsp3) is 0.143. The lowest BCUT2D eigenvalue weighted by atomic mass is 9.97. The zero-order valence-electron chi connectivity index (χ0n) is 9.48. The highest BCUT2D eigenvalue weighted by Crippen LogP contribution is 2.16. The molecule has 17 heavy (non-hydrogen) atoms. The van der Waals surface area contributed by atoms with Crippen LogP contribution >= 0.6 is 0 Å². The highest BCUT2D eigenvalue weighted by molar-refractivity contribution is 6.10. The number of pyridine rings is 1. The zero-order valence-corrected chi connectivity index (χ0v) is 9.48. The summed E-state index contributed by atoms with van der Waals surface area (Å²) >= 11 is 0. The van der Waals surface area contributed by atoms with Crippen molar-refractivity contribution in [1.82, 2.24) is 4.98 Å². The number of rotatable bonds is 3. The van der Waals surface area contributed by atoms with Crippen LogP contribution in [0.5, 0.6) is 0 Å². The van der Waals surface area contributed by atoms with Crippen molar-refractivity contribution in [2.24, 2.45) is 0 Å². The first-order valence-electron chi connectivity index (χ1n) is 5.46. The molecule has 1 aromatic heterocycles. The highest BCUT2D eigenvalue weighted by Gasteiger charge is 2.15. The lowest BCUT2D eigenvalue weighted by molar-refractivity contribution is 0.103. The van der Waals surface area contributed by atoms with Crippen molar-refractivity contribution in [3.05, 3.63) is 65.2 Å². The average Bonchev–Trinajstić information content (AvgIpc) is 2.38. The maximum Gasteiger partial charge on any atom is 0.196 e. The van der Waals surface area contributed by atoms with E-state index in [-0.39, 0.29) is 11.3 Å². The van der Waals surface area contributed by atoms with Crippen LogP contribution in [0.1, 0.15) is 28.4 Å². The Kier molecular flexibility index (Phi) is 3.28. The van der Waals surface area contributed by atoms with Crippen molar-refractivity contribution in [3.63, 3.8) is 0 Å². The van der Waals surface area contributed by atoms with Gasteiger partial charge in [-0.2, -0.15) is 0 Å². The molecule has 0 aliphatic carbocycles. The first kappa shape index (κ1) is 11.5. The number of hydrogen-bond donors (Lipinski definition) is 0. The number of carbonyl (C=O) groups excluding carboxylic acids is 1. The second-order valence-corrected chi connectivity index (χ2v) is 3.70. The Bertz CT molecular complexity index is 551. The molecular weight excluding hydrogens is 217 g/mol. The van der Waals surface area contributed by atoms with Gasteiger partial charge in [0.05, 0.1) is 11.8 Å². The predicted molar refractivity (Wildman–Crippen MR) is 63.4 cm³/mol. The molecule has 2 nitrogen and oxygen atoms in total. The quantitative estimate of drug-likeness (QED) is 0.757. The Labute approximate surface area is 99.1 Å². The van der Waals surface area contributed by atoms with Crippen LogP contribution in [0.2, 0.25) is 0 Å². The summed E-state index contributed by atoms with van der Waals surface area (Å²) in [5.41, 5.74) is 1.55. The fourth-order valence-electron chi connectivity index (χ4n) is 1.75. The third-order valence-electron chi connectivity index (χ3n) is 2.66. The molecule has 0 saturated heterocycles. The minimum Gasteiger partial charge on any atom is -0.288 e. The number of benzene rings is 1. The summed E-state index contributed by atoms with van der Waals surface area (Å²) < 4.78 is 13.5. The molecule has 1 aromatic carbocycles. The largest absolute Gasteiger partial charge is 0.288 e. The molecule has 0 spiro atoms. The van der Waals surface area contributed by atoms with Crippen LogP contribution in [0.4, 0.5) is 4.39 Å². The number of nitrogens with zero attached hydrogens (tertiary/aromatic N) is 1. The summed E-state index contributed by atoms with van der Waals surface area (Å²) in [6.45, 7) is 1.97. The molecule has 0 atom stereocenters. The van der Waals surface area contributed by atoms with Crippen molar-refractivity contribution in [1.29, 1.82) is 0 Å². The van der Waals surface area contributed by atoms with Crippen molar-refractivity contribution < 1.29 is 9.18 Å². The minimum absolute atomic E-state index is 0.0703. The summed E-state index contributed by atoms with van der Waals surface area (Å²) in [7, 11) is 0. The van der Waals surface area contributed by atoms with Gasteiger partial charge in [0.1, 0.15) is 0 Å². The lowest BCUT2D eigenvalue weighted by Crippen LogP contribution is -2.07. The highest BCUT2D eigenvalue weighted by atomic mass is 19.1. The lowest BCUT2D eigenvalue weighted by Gasteiger charge is -2.06. The number of aromatic nitrogens is 1. The average molecular weight is 229 g/mol. The monoisotopic (exact) mass is 229 g/mol. The summed E-state index contributed by atoms with van der Waals surface area (Å²) in [6, 6.07) is 8.67. The van der Waals surface area contributed by atoms with Gasteiger partial charge in [-0.25, -0.2) is 4.39 Å². The maximum absolute atomic E-state index is 13.5. The van der Waals surface area contributed by atoms with Gasteiger partial charge in [0, 0.05) is 11.8 Å². The van der Waals surface area contributed by atoms with Crippen LogP contribution in [0.15, 0.2) is 42.7 Å². The van der Waals surface area contributed by atoms with E-state index in [4.69, 9.17) is 0 Å². The van der Waals surface area contributed by atoms with Gasteiger partial charge in [-0.15, -0.1) is 0 Å². The Morgan fingerprint density at radius 3 is 2.71 bits per heavy atom. The number of aryl methyl sites for hydroxylation is 1. The molecule has 0 unspecified atom stereocenters. The Balaban J connectivity index is 2.48. The SMILES string of the molecule is CCc1ccccc1C(=O)c1ccncc1F. The van der Waals surface area contributed by atoms with E-state index >= 15 is 0 Å². The smallest absolute Gasteiger partial charge is 0.196 e. The molecule has 3 heteroatoms. The third kappa shape index (κ3) is 2.23. The van der Waals surface area contributed by atoms with Crippen LogP contribution in [-0.2, 0) is 6.42 Å². The molecule has 2 aromatic rings. The van der Waals surface area contributed by atoms with Gasteiger partial charge in [-0.3, -0.25) is 9.78 Å². The summed E-state index contributed by atoms with van der Waals surface area (Å²) in [6.07, 6.45) is 3.22. The van der Waals surface area contributed by atoms with E-state index in [1.165, 1.54) is 12.3 Å². The van der Waals surface area contributed by atoms with Gasteiger partial charge < -0.3 is 0 Å². The topological polar surface area (TPSA) is 30.0 Å². The molecule has 0 aliphatic rings.